The quantitative estimate of drug-likeness (QED) is 0.572. The van der Waals surface area contributed by atoms with Crippen molar-refractivity contribution in [2.24, 2.45) is 11.8 Å². The van der Waals surface area contributed by atoms with Crippen LogP contribution in [0.15, 0.2) is 30.3 Å². The molecule has 20 heavy (non-hydrogen) atoms. The van der Waals surface area contributed by atoms with Gasteiger partial charge in [0, 0.05) is 0 Å². The normalized spacial score (nSPS) is 20.6. The zero-order chi connectivity index (χ0) is 14.4. The molecule has 0 radical (unpaired) electrons. The summed E-state index contributed by atoms with van der Waals surface area (Å²) in [4.78, 5) is 0. The van der Waals surface area contributed by atoms with E-state index in [1.807, 2.05) is 0 Å². The average molecular weight is 270 g/mol. The molecule has 0 bridgehead atoms. The maximum atomic E-state index is 2.51. The van der Waals surface area contributed by atoms with Crippen LogP contribution in [0.5, 0.6) is 0 Å². The number of benzene rings is 1. The molecule has 0 saturated heterocycles. The Kier molecular flexibility index (Phi) is 5.88. The molecule has 1 aliphatic carbocycles. The zero-order valence-corrected chi connectivity index (χ0v) is 13.5. The summed E-state index contributed by atoms with van der Waals surface area (Å²) in [5, 5.41) is 0. The minimum absolute atomic E-state index is 0.892. The van der Waals surface area contributed by atoms with Crippen molar-refractivity contribution >= 4 is 5.57 Å². The topological polar surface area (TPSA) is 0 Å². The first-order valence-corrected chi connectivity index (χ1v) is 8.51. The van der Waals surface area contributed by atoms with Crippen LogP contribution in [0.3, 0.4) is 0 Å². The Bertz CT molecular complexity index is 424. The summed E-state index contributed by atoms with van der Waals surface area (Å²) in [5.74, 6) is 1.82. The van der Waals surface area contributed by atoms with Crippen molar-refractivity contribution in [3.63, 3.8) is 0 Å². The van der Waals surface area contributed by atoms with Gasteiger partial charge in [-0.3, -0.25) is 0 Å². The molecule has 0 heteroatoms. The van der Waals surface area contributed by atoms with E-state index in [4.69, 9.17) is 0 Å². The van der Waals surface area contributed by atoms with Crippen LogP contribution in [0.25, 0.3) is 5.57 Å². The van der Waals surface area contributed by atoms with Crippen molar-refractivity contribution in [1.29, 1.82) is 0 Å². The van der Waals surface area contributed by atoms with Crippen molar-refractivity contribution in [3.05, 3.63) is 41.5 Å². The van der Waals surface area contributed by atoms with Crippen LogP contribution in [0.4, 0.5) is 0 Å². The van der Waals surface area contributed by atoms with Crippen LogP contribution in [0.2, 0.25) is 0 Å². The first-order valence-electron chi connectivity index (χ1n) is 8.51. The number of hydrogen-bond acceptors (Lipinski definition) is 0. The number of aryl methyl sites for hydroxylation is 1. The van der Waals surface area contributed by atoms with Gasteiger partial charge in [0.1, 0.15) is 0 Å². The second-order valence-corrected chi connectivity index (χ2v) is 6.57. The summed E-state index contributed by atoms with van der Waals surface area (Å²) >= 11 is 0. The maximum Gasteiger partial charge on any atom is -0.0228 e. The van der Waals surface area contributed by atoms with Crippen LogP contribution >= 0.6 is 0 Å². The smallest absolute Gasteiger partial charge is 0.0228 e. The molecule has 2 unspecified atom stereocenters. The van der Waals surface area contributed by atoms with Crippen LogP contribution in [-0.4, -0.2) is 0 Å². The Morgan fingerprint density at radius 1 is 1.15 bits per heavy atom. The molecule has 0 spiro atoms. The number of rotatable bonds is 6. The molecule has 2 rings (SSSR count). The highest BCUT2D eigenvalue weighted by atomic mass is 14.2. The lowest BCUT2D eigenvalue weighted by Crippen LogP contribution is -2.09. The second-order valence-electron chi connectivity index (χ2n) is 6.57. The molecule has 0 saturated carbocycles. The fourth-order valence-electron chi connectivity index (χ4n) is 3.27. The lowest BCUT2D eigenvalue weighted by atomic mass is 9.81. The summed E-state index contributed by atoms with van der Waals surface area (Å²) in [6.45, 7) is 6.95. The van der Waals surface area contributed by atoms with E-state index in [9.17, 15) is 0 Å². The summed E-state index contributed by atoms with van der Waals surface area (Å²) in [6.07, 6.45) is 11.6. The molecular formula is C20H30. The largest absolute Gasteiger partial charge is 0.0804 e. The molecule has 1 aromatic carbocycles. The fraction of sp³-hybridized carbons (Fsp3) is 0.600. The molecule has 110 valence electrons. The van der Waals surface area contributed by atoms with Gasteiger partial charge in [-0.05, 0) is 60.6 Å². The van der Waals surface area contributed by atoms with E-state index >= 15 is 0 Å². The first-order chi connectivity index (χ1) is 9.72. The van der Waals surface area contributed by atoms with Crippen molar-refractivity contribution in [3.8, 4) is 0 Å². The Labute approximate surface area is 125 Å². The molecular weight excluding hydrogens is 240 g/mol. The third-order valence-corrected chi connectivity index (χ3v) is 4.82. The highest BCUT2D eigenvalue weighted by Gasteiger charge is 2.17. The molecule has 0 nitrogen and oxygen atoms in total. The van der Waals surface area contributed by atoms with E-state index in [2.05, 4.69) is 51.1 Å². The SMILES string of the molecule is CCCc1ccc(C2=CCC(CC(C)CC)CC2)cc1. The summed E-state index contributed by atoms with van der Waals surface area (Å²) in [6, 6.07) is 9.27. The van der Waals surface area contributed by atoms with Gasteiger partial charge >= 0.3 is 0 Å². The highest BCUT2D eigenvalue weighted by molar-refractivity contribution is 5.66. The van der Waals surface area contributed by atoms with E-state index in [1.165, 1.54) is 56.1 Å². The van der Waals surface area contributed by atoms with Gasteiger partial charge in [0.15, 0.2) is 0 Å². The maximum absolute atomic E-state index is 2.51. The monoisotopic (exact) mass is 270 g/mol. The predicted molar refractivity (Wildman–Crippen MR) is 89.8 cm³/mol. The van der Waals surface area contributed by atoms with Gasteiger partial charge in [0.2, 0.25) is 0 Å². The van der Waals surface area contributed by atoms with Crippen molar-refractivity contribution < 1.29 is 0 Å². The highest BCUT2D eigenvalue weighted by Crippen LogP contribution is 2.33. The van der Waals surface area contributed by atoms with E-state index < -0.39 is 0 Å². The predicted octanol–water partition coefficient (Wildman–Crippen LogP) is 6.26. The first kappa shape index (κ1) is 15.4. The average Bonchev–Trinajstić information content (AvgIpc) is 2.49. The Hall–Kier alpha value is -1.04. The Morgan fingerprint density at radius 3 is 2.45 bits per heavy atom. The second kappa shape index (κ2) is 7.67. The number of allylic oxidation sites excluding steroid dienone is 2. The Morgan fingerprint density at radius 2 is 1.90 bits per heavy atom. The molecule has 0 amide bonds. The van der Waals surface area contributed by atoms with Gasteiger partial charge in [0.05, 0.1) is 0 Å². The van der Waals surface area contributed by atoms with Crippen LogP contribution in [0.1, 0.15) is 70.4 Å². The molecule has 0 fully saturated rings. The summed E-state index contributed by atoms with van der Waals surface area (Å²) in [5.41, 5.74) is 4.50. The van der Waals surface area contributed by atoms with Gasteiger partial charge in [-0.25, -0.2) is 0 Å². The minimum Gasteiger partial charge on any atom is -0.0804 e. The molecule has 2 atom stereocenters. The summed E-state index contributed by atoms with van der Waals surface area (Å²) in [7, 11) is 0. The van der Waals surface area contributed by atoms with Gasteiger partial charge in [-0.1, -0.05) is 64.0 Å². The van der Waals surface area contributed by atoms with E-state index in [-0.39, 0.29) is 0 Å². The molecule has 0 aliphatic heterocycles. The van der Waals surface area contributed by atoms with Gasteiger partial charge in [-0.15, -0.1) is 0 Å². The van der Waals surface area contributed by atoms with E-state index in [0.29, 0.717) is 0 Å². The molecule has 0 heterocycles. The van der Waals surface area contributed by atoms with E-state index in [0.717, 1.165) is 11.8 Å². The third kappa shape index (κ3) is 4.23. The van der Waals surface area contributed by atoms with Crippen molar-refractivity contribution in [2.45, 2.75) is 65.7 Å². The minimum atomic E-state index is 0.892. The molecule has 0 N–H and O–H groups in total. The number of hydrogen-bond donors (Lipinski definition) is 0. The van der Waals surface area contributed by atoms with Crippen molar-refractivity contribution in [2.75, 3.05) is 0 Å². The van der Waals surface area contributed by atoms with Crippen molar-refractivity contribution in [1.82, 2.24) is 0 Å². The zero-order valence-electron chi connectivity index (χ0n) is 13.5. The molecule has 0 aromatic heterocycles. The summed E-state index contributed by atoms with van der Waals surface area (Å²) < 4.78 is 0. The Balaban J connectivity index is 1.94. The van der Waals surface area contributed by atoms with Crippen LogP contribution < -0.4 is 0 Å². The molecule has 1 aliphatic rings. The molecule has 1 aromatic rings. The van der Waals surface area contributed by atoms with Gasteiger partial charge in [0.25, 0.3) is 0 Å². The van der Waals surface area contributed by atoms with Gasteiger partial charge in [-0.2, -0.15) is 0 Å². The van der Waals surface area contributed by atoms with Crippen LogP contribution in [-0.2, 0) is 6.42 Å². The van der Waals surface area contributed by atoms with E-state index in [1.54, 1.807) is 5.57 Å². The van der Waals surface area contributed by atoms with Crippen LogP contribution in [0, 0.1) is 11.8 Å². The standard InChI is InChI=1S/C20H30/c1-4-6-17-7-11-19(12-8-17)20-13-9-18(10-14-20)15-16(3)5-2/h7-8,11-13,16,18H,4-6,9-10,14-15H2,1-3H3. The van der Waals surface area contributed by atoms with Gasteiger partial charge < -0.3 is 0 Å². The third-order valence-electron chi connectivity index (χ3n) is 4.82. The fourth-order valence-corrected chi connectivity index (χ4v) is 3.27. The lowest BCUT2D eigenvalue weighted by Gasteiger charge is -2.24. The lowest BCUT2D eigenvalue weighted by molar-refractivity contribution is 0.362.